The predicted molar refractivity (Wildman–Crippen MR) is 177 cm³/mol. The van der Waals surface area contributed by atoms with Gasteiger partial charge in [0.15, 0.2) is 0 Å². The second kappa shape index (κ2) is 9.19. The van der Waals surface area contributed by atoms with Gasteiger partial charge in [-0.15, -0.1) is 11.3 Å². The maximum Gasteiger partial charge on any atom is 0.0468 e. The molecular weight excluding hydrogens is 515 g/mol. The third-order valence-electron chi connectivity index (χ3n) is 8.64. The number of benzene rings is 6. The molecule has 7 aromatic rings. The van der Waals surface area contributed by atoms with Gasteiger partial charge in [-0.25, -0.2) is 0 Å². The second-order valence-corrected chi connectivity index (χ2v) is 12.5. The Balaban J connectivity index is 1.47. The van der Waals surface area contributed by atoms with Crippen LogP contribution in [0.5, 0.6) is 0 Å². The lowest BCUT2D eigenvalue weighted by atomic mass is 9.81. The largest absolute Gasteiger partial charge is 0.310 e. The molecule has 0 saturated heterocycles. The zero-order valence-electron chi connectivity index (χ0n) is 23.1. The van der Waals surface area contributed by atoms with Crippen LogP contribution in [-0.2, 0) is 5.41 Å². The SMILES string of the molecule is CC1(C)c2ccccc2-c2c1cc1sc3ccc(N(c4ccccc4)c4ccccc4)cc3c1c2-c1ccccc1. The lowest BCUT2D eigenvalue weighted by molar-refractivity contribution is 0.661. The molecule has 0 aliphatic heterocycles. The van der Waals surface area contributed by atoms with E-state index in [1.807, 2.05) is 11.3 Å². The molecule has 0 fully saturated rings. The van der Waals surface area contributed by atoms with E-state index in [0.717, 1.165) is 17.1 Å². The van der Waals surface area contributed by atoms with Gasteiger partial charge in [0.1, 0.15) is 0 Å². The minimum Gasteiger partial charge on any atom is -0.310 e. The fourth-order valence-corrected chi connectivity index (χ4v) is 7.86. The highest BCUT2D eigenvalue weighted by atomic mass is 32.1. The summed E-state index contributed by atoms with van der Waals surface area (Å²) < 4.78 is 2.67. The smallest absolute Gasteiger partial charge is 0.0468 e. The molecule has 0 spiro atoms. The molecule has 1 aliphatic rings. The Morgan fingerprint density at radius 2 is 1.12 bits per heavy atom. The van der Waals surface area contributed by atoms with Crippen molar-refractivity contribution in [1.82, 2.24) is 0 Å². The molecule has 0 atom stereocenters. The molecule has 0 radical (unpaired) electrons. The maximum atomic E-state index is 2.48. The summed E-state index contributed by atoms with van der Waals surface area (Å²) in [5.41, 5.74) is 11.6. The lowest BCUT2D eigenvalue weighted by Gasteiger charge is -2.25. The molecule has 0 bridgehead atoms. The summed E-state index contributed by atoms with van der Waals surface area (Å²) in [7, 11) is 0. The molecule has 1 aliphatic carbocycles. The molecule has 1 heterocycles. The van der Waals surface area contributed by atoms with Crippen molar-refractivity contribution in [2.75, 3.05) is 4.90 Å². The topological polar surface area (TPSA) is 3.24 Å². The third-order valence-corrected chi connectivity index (χ3v) is 9.75. The third kappa shape index (κ3) is 3.68. The number of hydrogen-bond donors (Lipinski definition) is 0. The number of fused-ring (bicyclic) bond motifs is 6. The van der Waals surface area contributed by atoms with E-state index in [-0.39, 0.29) is 5.41 Å². The molecule has 0 unspecified atom stereocenters. The van der Waals surface area contributed by atoms with Crippen molar-refractivity contribution in [3.63, 3.8) is 0 Å². The molecule has 2 heteroatoms. The standard InChI is InChI=1S/C39H29NS/c1-39(2)32-21-13-12-20-30(32)37-33(39)25-35-38(36(37)26-14-6-3-7-15-26)31-24-29(22-23-34(31)41-35)40(27-16-8-4-9-17-27)28-18-10-5-11-19-28/h3-25H,1-2H3. The summed E-state index contributed by atoms with van der Waals surface area (Å²) in [6, 6.07) is 50.8. The van der Waals surface area contributed by atoms with Crippen LogP contribution in [0, 0.1) is 0 Å². The zero-order valence-corrected chi connectivity index (χ0v) is 24.0. The maximum absolute atomic E-state index is 2.48. The van der Waals surface area contributed by atoms with Crippen LogP contribution in [0.4, 0.5) is 17.1 Å². The van der Waals surface area contributed by atoms with Gasteiger partial charge in [0.25, 0.3) is 0 Å². The monoisotopic (exact) mass is 543 g/mol. The second-order valence-electron chi connectivity index (χ2n) is 11.4. The van der Waals surface area contributed by atoms with E-state index in [2.05, 4.69) is 158 Å². The lowest BCUT2D eigenvalue weighted by Crippen LogP contribution is -2.14. The summed E-state index contributed by atoms with van der Waals surface area (Å²) in [5.74, 6) is 0. The first-order valence-electron chi connectivity index (χ1n) is 14.2. The minimum atomic E-state index is -0.0532. The average Bonchev–Trinajstić information content (AvgIpc) is 3.50. The molecule has 41 heavy (non-hydrogen) atoms. The summed E-state index contributed by atoms with van der Waals surface area (Å²) in [4.78, 5) is 2.36. The van der Waals surface area contributed by atoms with Crippen molar-refractivity contribution in [3.05, 3.63) is 151 Å². The van der Waals surface area contributed by atoms with Gasteiger partial charge in [-0.2, -0.15) is 0 Å². The van der Waals surface area contributed by atoms with Crippen molar-refractivity contribution in [2.24, 2.45) is 0 Å². The van der Waals surface area contributed by atoms with E-state index >= 15 is 0 Å². The van der Waals surface area contributed by atoms with Crippen molar-refractivity contribution >= 4 is 48.6 Å². The highest BCUT2D eigenvalue weighted by Gasteiger charge is 2.38. The molecular formula is C39H29NS. The van der Waals surface area contributed by atoms with Crippen LogP contribution in [0.15, 0.2) is 140 Å². The van der Waals surface area contributed by atoms with Crippen LogP contribution < -0.4 is 4.90 Å². The van der Waals surface area contributed by atoms with Gasteiger partial charge in [-0.3, -0.25) is 0 Å². The highest BCUT2D eigenvalue weighted by Crippen LogP contribution is 2.56. The molecule has 8 rings (SSSR count). The number of rotatable bonds is 4. The fraction of sp³-hybridized carbons (Fsp3) is 0.0769. The Labute approximate surface area is 245 Å². The Morgan fingerprint density at radius 3 is 1.80 bits per heavy atom. The van der Waals surface area contributed by atoms with Crippen LogP contribution in [0.2, 0.25) is 0 Å². The summed E-state index contributed by atoms with van der Waals surface area (Å²) in [6.07, 6.45) is 0. The van der Waals surface area contributed by atoms with E-state index in [4.69, 9.17) is 0 Å². The molecule has 1 nitrogen and oxygen atoms in total. The average molecular weight is 544 g/mol. The molecule has 0 saturated carbocycles. The number of anilines is 3. The number of thiophene rings is 1. The van der Waals surface area contributed by atoms with Crippen LogP contribution in [0.25, 0.3) is 42.4 Å². The minimum absolute atomic E-state index is 0.0532. The predicted octanol–water partition coefficient (Wildman–Crippen LogP) is 11.5. The van der Waals surface area contributed by atoms with Crippen LogP contribution >= 0.6 is 11.3 Å². The van der Waals surface area contributed by atoms with Gasteiger partial charge in [-0.05, 0) is 81.9 Å². The van der Waals surface area contributed by atoms with Crippen molar-refractivity contribution < 1.29 is 0 Å². The van der Waals surface area contributed by atoms with E-state index in [1.54, 1.807) is 0 Å². The van der Waals surface area contributed by atoms with Crippen LogP contribution in [-0.4, -0.2) is 0 Å². The number of nitrogens with zero attached hydrogens (tertiary/aromatic N) is 1. The summed E-state index contributed by atoms with van der Waals surface area (Å²) in [5, 5.41) is 2.66. The van der Waals surface area contributed by atoms with Crippen LogP contribution in [0.1, 0.15) is 25.0 Å². The fourth-order valence-electron chi connectivity index (χ4n) is 6.72. The Bertz CT molecular complexity index is 2010. The van der Waals surface area contributed by atoms with Gasteiger partial charge in [-0.1, -0.05) is 105 Å². The van der Waals surface area contributed by atoms with Crippen LogP contribution in [0.3, 0.4) is 0 Å². The van der Waals surface area contributed by atoms with E-state index < -0.39 is 0 Å². The van der Waals surface area contributed by atoms with Gasteiger partial charge in [0.05, 0.1) is 0 Å². The number of hydrogen-bond acceptors (Lipinski definition) is 2. The first kappa shape index (κ1) is 24.2. The van der Waals surface area contributed by atoms with Gasteiger partial charge >= 0.3 is 0 Å². The molecule has 0 N–H and O–H groups in total. The van der Waals surface area contributed by atoms with Gasteiger partial charge in [0, 0.05) is 42.6 Å². The zero-order chi connectivity index (χ0) is 27.6. The first-order chi connectivity index (χ1) is 20.1. The molecule has 0 amide bonds. The molecule has 6 aromatic carbocycles. The van der Waals surface area contributed by atoms with Crippen molar-refractivity contribution in [2.45, 2.75) is 19.3 Å². The van der Waals surface area contributed by atoms with Gasteiger partial charge in [0.2, 0.25) is 0 Å². The Kier molecular flexibility index (Phi) is 5.42. The highest BCUT2D eigenvalue weighted by molar-refractivity contribution is 7.26. The van der Waals surface area contributed by atoms with Crippen molar-refractivity contribution in [3.8, 4) is 22.3 Å². The van der Waals surface area contributed by atoms with Gasteiger partial charge < -0.3 is 4.90 Å². The normalized spacial score (nSPS) is 13.3. The Hall–Kier alpha value is -4.66. The van der Waals surface area contributed by atoms with E-state index in [0.29, 0.717) is 0 Å². The van der Waals surface area contributed by atoms with E-state index in [9.17, 15) is 0 Å². The molecule has 196 valence electrons. The van der Waals surface area contributed by atoms with Crippen molar-refractivity contribution in [1.29, 1.82) is 0 Å². The molecule has 1 aromatic heterocycles. The van der Waals surface area contributed by atoms with E-state index in [1.165, 1.54) is 53.6 Å². The number of para-hydroxylation sites is 2. The summed E-state index contributed by atoms with van der Waals surface area (Å²) >= 11 is 1.91. The quantitative estimate of drug-likeness (QED) is 0.213. The Morgan fingerprint density at radius 1 is 0.512 bits per heavy atom. The summed E-state index contributed by atoms with van der Waals surface area (Å²) in [6.45, 7) is 4.75. The first-order valence-corrected chi connectivity index (χ1v) is 15.0.